The number of allylic oxidation sites excluding steroid dienone is 2. The molecule has 1 saturated carbocycles. The first-order valence-electron chi connectivity index (χ1n) is 3.20. The minimum absolute atomic E-state index is 0.934. The highest BCUT2D eigenvalue weighted by molar-refractivity contribution is 5.27. The Morgan fingerprint density at radius 1 is 1.62 bits per heavy atom. The minimum Gasteiger partial charge on any atom is -0.498 e. The average molecular weight is 110 g/mol. The molecule has 8 heavy (non-hydrogen) atoms. The van der Waals surface area contributed by atoms with Crippen molar-refractivity contribution in [1.82, 2.24) is 0 Å². The first-order valence-corrected chi connectivity index (χ1v) is 3.20. The van der Waals surface area contributed by atoms with Gasteiger partial charge in [-0.3, -0.25) is 0 Å². The van der Waals surface area contributed by atoms with E-state index >= 15 is 0 Å². The van der Waals surface area contributed by atoms with Crippen LogP contribution in [0.3, 0.4) is 0 Å². The molecule has 1 aliphatic heterocycles. The van der Waals surface area contributed by atoms with Gasteiger partial charge in [0.05, 0.1) is 12.4 Å². The maximum Gasteiger partial charge on any atom is 0.0923 e. The highest BCUT2D eigenvalue weighted by Gasteiger charge is 2.34. The van der Waals surface area contributed by atoms with Gasteiger partial charge in [-0.15, -0.1) is 0 Å². The summed E-state index contributed by atoms with van der Waals surface area (Å²) in [5.41, 5.74) is 1.58. The fourth-order valence-corrected chi connectivity index (χ4v) is 1.36. The second-order valence-corrected chi connectivity index (χ2v) is 2.62. The van der Waals surface area contributed by atoms with Crippen LogP contribution in [0, 0.1) is 5.92 Å². The standard InChI is InChI=1S/C7H10O/c1-5-7-4-6(7)2-3-8-5/h6H,2-4H2,1H3. The van der Waals surface area contributed by atoms with E-state index in [-0.39, 0.29) is 0 Å². The Bertz CT molecular complexity index is 146. The first-order chi connectivity index (χ1) is 3.88. The number of rotatable bonds is 0. The Kier molecular flexibility index (Phi) is 0.706. The molecule has 1 nitrogen and oxygen atoms in total. The maximum absolute atomic E-state index is 5.31. The lowest BCUT2D eigenvalue weighted by atomic mass is 10.2. The fraction of sp³-hybridized carbons (Fsp3) is 0.714. The Balaban J connectivity index is 2.25. The summed E-state index contributed by atoms with van der Waals surface area (Å²) in [7, 11) is 0. The topological polar surface area (TPSA) is 9.23 Å². The third kappa shape index (κ3) is 0.473. The van der Waals surface area contributed by atoms with Crippen molar-refractivity contribution in [2.45, 2.75) is 19.8 Å². The van der Waals surface area contributed by atoms with Gasteiger partial charge in [0.1, 0.15) is 0 Å². The van der Waals surface area contributed by atoms with Crippen LogP contribution in [0.15, 0.2) is 11.3 Å². The van der Waals surface area contributed by atoms with Crippen LogP contribution in [0.2, 0.25) is 0 Å². The summed E-state index contributed by atoms with van der Waals surface area (Å²) in [6.45, 7) is 3.04. The fourth-order valence-electron chi connectivity index (χ4n) is 1.36. The smallest absolute Gasteiger partial charge is 0.0923 e. The van der Waals surface area contributed by atoms with Crippen molar-refractivity contribution in [3.8, 4) is 0 Å². The average Bonchev–Trinajstić information content (AvgIpc) is 2.45. The third-order valence-electron chi connectivity index (χ3n) is 2.04. The van der Waals surface area contributed by atoms with Crippen molar-refractivity contribution in [3.63, 3.8) is 0 Å². The lowest BCUT2D eigenvalue weighted by Gasteiger charge is -2.08. The monoisotopic (exact) mass is 110 g/mol. The number of hydrogen-bond acceptors (Lipinski definition) is 1. The minimum atomic E-state index is 0.934. The van der Waals surface area contributed by atoms with Crippen LogP contribution in [-0.4, -0.2) is 6.61 Å². The highest BCUT2D eigenvalue weighted by Crippen LogP contribution is 2.45. The molecule has 1 heterocycles. The molecule has 0 aromatic heterocycles. The molecular weight excluding hydrogens is 100 g/mol. The highest BCUT2D eigenvalue weighted by atomic mass is 16.5. The zero-order valence-electron chi connectivity index (χ0n) is 5.11. The summed E-state index contributed by atoms with van der Waals surface area (Å²) in [4.78, 5) is 0. The zero-order valence-corrected chi connectivity index (χ0v) is 5.11. The van der Waals surface area contributed by atoms with Gasteiger partial charge < -0.3 is 4.74 Å². The second kappa shape index (κ2) is 1.28. The van der Waals surface area contributed by atoms with E-state index < -0.39 is 0 Å². The molecule has 1 aliphatic carbocycles. The van der Waals surface area contributed by atoms with Crippen LogP contribution in [0.25, 0.3) is 0 Å². The predicted molar refractivity (Wildman–Crippen MR) is 31.4 cm³/mol. The van der Waals surface area contributed by atoms with Gasteiger partial charge >= 0.3 is 0 Å². The molecule has 2 aliphatic rings. The Hall–Kier alpha value is -0.460. The van der Waals surface area contributed by atoms with E-state index in [2.05, 4.69) is 6.92 Å². The molecule has 0 aromatic carbocycles. The van der Waals surface area contributed by atoms with E-state index in [1.165, 1.54) is 18.6 Å². The van der Waals surface area contributed by atoms with Crippen molar-refractivity contribution in [1.29, 1.82) is 0 Å². The van der Waals surface area contributed by atoms with Gasteiger partial charge in [0.25, 0.3) is 0 Å². The molecule has 1 heteroatoms. The van der Waals surface area contributed by atoms with Crippen LogP contribution in [-0.2, 0) is 4.74 Å². The summed E-state index contributed by atoms with van der Waals surface area (Å²) in [6.07, 6.45) is 2.60. The molecule has 0 spiro atoms. The molecule has 0 N–H and O–H groups in total. The van der Waals surface area contributed by atoms with Gasteiger partial charge in [0, 0.05) is 0 Å². The maximum atomic E-state index is 5.31. The Morgan fingerprint density at radius 3 is 3.12 bits per heavy atom. The van der Waals surface area contributed by atoms with Crippen LogP contribution in [0.1, 0.15) is 19.8 Å². The molecule has 1 fully saturated rings. The largest absolute Gasteiger partial charge is 0.498 e. The van der Waals surface area contributed by atoms with Crippen LogP contribution < -0.4 is 0 Å². The predicted octanol–water partition coefficient (Wildman–Crippen LogP) is 1.70. The van der Waals surface area contributed by atoms with E-state index in [9.17, 15) is 0 Å². The number of ether oxygens (including phenoxy) is 1. The molecule has 0 aromatic rings. The summed E-state index contributed by atoms with van der Waals surface area (Å²) in [6, 6.07) is 0. The normalized spacial score (nSPS) is 33.9. The van der Waals surface area contributed by atoms with Gasteiger partial charge in [-0.25, -0.2) is 0 Å². The van der Waals surface area contributed by atoms with E-state index in [4.69, 9.17) is 4.74 Å². The Labute approximate surface area is 49.3 Å². The van der Waals surface area contributed by atoms with E-state index in [1.807, 2.05) is 0 Å². The first kappa shape index (κ1) is 4.42. The molecule has 2 rings (SSSR count). The van der Waals surface area contributed by atoms with E-state index in [1.54, 1.807) is 5.57 Å². The van der Waals surface area contributed by atoms with Crippen molar-refractivity contribution < 1.29 is 4.74 Å². The van der Waals surface area contributed by atoms with Crippen molar-refractivity contribution in [2.24, 2.45) is 5.92 Å². The molecule has 0 amide bonds. The molecule has 44 valence electrons. The van der Waals surface area contributed by atoms with E-state index in [0.717, 1.165) is 12.5 Å². The lowest BCUT2D eigenvalue weighted by Crippen LogP contribution is -1.98. The second-order valence-electron chi connectivity index (χ2n) is 2.62. The quantitative estimate of drug-likeness (QED) is 0.461. The number of hydrogen-bond donors (Lipinski definition) is 0. The summed E-state index contributed by atoms with van der Waals surface area (Å²) < 4.78 is 5.31. The van der Waals surface area contributed by atoms with Gasteiger partial charge in [0.15, 0.2) is 0 Å². The van der Waals surface area contributed by atoms with Gasteiger partial charge in [-0.05, 0) is 31.3 Å². The van der Waals surface area contributed by atoms with Gasteiger partial charge in [-0.2, -0.15) is 0 Å². The van der Waals surface area contributed by atoms with Crippen LogP contribution in [0.4, 0.5) is 0 Å². The molecule has 0 radical (unpaired) electrons. The Morgan fingerprint density at radius 2 is 2.50 bits per heavy atom. The molecule has 1 unspecified atom stereocenters. The van der Waals surface area contributed by atoms with Crippen molar-refractivity contribution in [2.75, 3.05) is 6.61 Å². The zero-order chi connectivity index (χ0) is 5.56. The van der Waals surface area contributed by atoms with Crippen LogP contribution in [0.5, 0.6) is 0 Å². The molecule has 0 saturated heterocycles. The van der Waals surface area contributed by atoms with E-state index in [0.29, 0.717) is 0 Å². The van der Waals surface area contributed by atoms with Crippen LogP contribution >= 0.6 is 0 Å². The summed E-state index contributed by atoms with van der Waals surface area (Å²) in [5.74, 6) is 2.14. The summed E-state index contributed by atoms with van der Waals surface area (Å²) >= 11 is 0. The summed E-state index contributed by atoms with van der Waals surface area (Å²) in [5, 5.41) is 0. The van der Waals surface area contributed by atoms with Crippen molar-refractivity contribution >= 4 is 0 Å². The van der Waals surface area contributed by atoms with Crippen molar-refractivity contribution in [3.05, 3.63) is 11.3 Å². The molecule has 1 atom stereocenters. The SMILES string of the molecule is CC1=C2CC2CCO1. The molecular formula is C7H10O. The van der Waals surface area contributed by atoms with Gasteiger partial charge in [0.2, 0.25) is 0 Å². The van der Waals surface area contributed by atoms with Gasteiger partial charge in [-0.1, -0.05) is 0 Å². The molecule has 0 bridgehead atoms. The number of fused-ring (bicyclic) bond motifs is 1. The third-order valence-corrected chi connectivity index (χ3v) is 2.04. The lowest BCUT2D eigenvalue weighted by molar-refractivity contribution is 0.192.